The molecule has 0 bridgehead atoms. The van der Waals surface area contributed by atoms with Gasteiger partial charge in [-0.3, -0.25) is 0 Å². The average molecular weight is 349 g/mol. The van der Waals surface area contributed by atoms with Crippen LogP contribution in [0.4, 0.5) is 10.1 Å². The Labute approximate surface area is 128 Å². The predicted octanol–water partition coefficient (Wildman–Crippen LogP) is 4.96. The summed E-state index contributed by atoms with van der Waals surface area (Å²) in [5, 5.41) is 2.57. The van der Waals surface area contributed by atoms with Crippen LogP contribution in [0.1, 0.15) is 0 Å². The van der Waals surface area contributed by atoms with Gasteiger partial charge in [-0.15, -0.1) is 11.3 Å². The Morgan fingerprint density at radius 1 is 1.15 bits per heavy atom. The van der Waals surface area contributed by atoms with Crippen LogP contribution in [0.25, 0.3) is 21.8 Å². The molecule has 0 aliphatic carbocycles. The van der Waals surface area contributed by atoms with Gasteiger partial charge in [0.15, 0.2) is 0 Å². The molecule has 0 radical (unpaired) electrons. The number of benzene rings is 2. The van der Waals surface area contributed by atoms with Crippen LogP contribution < -0.4 is 5.73 Å². The van der Waals surface area contributed by atoms with Crippen molar-refractivity contribution in [1.82, 2.24) is 4.98 Å². The lowest BCUT2D eigenvalue weighted by Crippen LogP contribution is -1.86. The molecule has 0 aliphatic rings. The van der Waals surface area contributed by atoms with E-state index in [0.29, 0.717) is 20.7 Å². The number of nitrogen functional groups attached to an aromatic ring is 1. The van der Waals surface area contributed by atoms with Crippen LogP contribution in [0.2, 0.25) is 0 Å². The van der Waals surface area contributed by atoms with Gasteiger partial charge in [0.25, 0.3) is 0 Å². The molecule has 0 spiro atoms. The van der Waals surface area contributed by atoms with Gasteiger partial charge in [-0.2, -0.15) is 0 Å². The van der Waals surface area contributed by atoms with Gasteiger partial charge in [-0.05, 0) is 30.3 Å². The first-order chi connectivity index (χ1) is 9.63. The van der Waals surface area contributed by atoms with E-state index in [9.17, 15) is 4.39 Å². The zero-order valence-corrected chi connectivity index (χ0v) is 12.7. The first-order valence-electron chi connectivity index (χ1n) is 5.90. The number of rotatable bonds is 2. The summed E-state index contributed by atoms with van der Waals surface area (Å²) in [6.07, 6.45) is 0. The van der Waals surface area contributed by atoms with Crippen LogP contribution in [-0.4, -0.2) is 4.98 Å². The topological polar surface area (TPSA) is 38.9 Å². The van der Waals surface area contributed by atoms with Crippen molar-refractivity contribution in [3.8, 4) is 21.8 Å². The molecule has 0 saturated heterocycles. The molecular formula is C15H10BrFN2S. The van der Waals surface area contributed by atoms with Crippen LogP contribution in [0.15, 0.2) is 52.3 Å². The molecule has 20 heavy (non-hydrogen) atoms. The van der Waals surface area contributed by atoms with E-state index in [2.05, 4.69) is 20.9 Å². The Morgan fingerprint density at radius 2 is 2.00 bits per heavy atom. The second-order valence-corrected chi connectivity index (χ2v) is 6.06. The molecule has 100 valence electrons. The van der Waals surface area contributed by atoms with Crippen molar-refractivity contribution in [3.63, 3.8) is 0 Å². The van der Waals surface area contributed by atoms with Gasteiger partial charge in [0.2, 0.25) is 0 Å². The van der Waals surface area contributed by atoms with Crippen molar-refractivity contribution in [2.45, 2.75) is 0 Å². The highest BCUT2D eigenvalue weighted by atomic mass is 79.9. The van der Waals surface area contributed by atoms with Gasteiger partial charge in [0.1, 0.15) is 10.8 Å². The molecule has 2 aromatic carbocycles. The number of nitrogens with two attached hydrogens (primary N) is 1. The first kappa shape index (κ1) is 13.3. The second-order valence-electron chi connectivity index (χ2n) is 4.29. The van der Waals surface area contributed by atoms with Crippen molar-refractivity contribution < 1.29 is 4.39 Å². The standard InChI is InChI=1S/C15H10BrFN2S/c16-10-4-5-12(13(17)7-10)15-19-14(8-20-15)9-2-1-3-11(18)6-9/h1-8H,18H2. The number of nitrogens with zero attached hydrogens (tertiary/aromatic N) is 1. The van der Waals surface area contributed by atoms with Crippen LogP contribution in [0, 0.1) is 5.82 Å². The minimum absolute atomic E-state index is 0.284. The fourth-order valence-corrected chi connectivity index (χ4v) is 3.08. The Hall–Kier alpha value is -1.72. The molecule has 3 rings (SSSR count). The Bertz CT molecular complexity index is 770. The van der Waals surface area contributed by atoms with E-state index < -0.39 is 0 Å². The summed E-state index contributed by atoms with van der Waals surface area (Å²) in [7, 11) is 0. The highest BCUT2D eigenvalue weighted by Crippen LogP contribution is 2.31. The quantitative estimate of drug-likeness (QED) is 0.664. The molecule has 1 heterocycles. The maximum Gasteiger partial charge on any atom is 0.134 e. The first-order valence-corrected chi connectivity index (χ1v) is 7.57. The smallest absolute Gasteiger partial charge is 0.134 e. The second kappa shape index (κ2) is 5.34. The van der Waals surface area contributed by atoms with Gasteiger partial charge in [-0.1, -0.05) is 28.1 Å². The molecule has 5 heteroatoms. The minimum Gasteiger partial charge on any atom is -0.399 e. The zero-order chi connectivity index (χ0) is 14.1. The molecule has 3 aromatic rings. The lowest BCUT2D eigenvalue weighted by atomic mass is 10.1. The molecule has 0 saturated carbocycles. The number of hydrogen-bond donors (Lipinski definition) is 1. The zero-order valence-electron chi connectivity index (χ0n) is 10.3. The van der Waals surface area contributed by atoms with Crippen LogP contribution in [0.5, 0.6) is 0 Å². The molecule has 0 atom stereocenters. The maximum atomic E-state index is 13.9. The lowest BCUT2D eigenvalue weighted by Gasteiger charge is -2.00. The third kappa shape index (κ3) is 2.59. The van der Waals surface area contributed by atoms with Crippen LogP contribution in [-0.2, 0) is 0 Å². The van der Waals surface area contributed by atoms with Gasteiger partial charge in [0, 0.05) is 26.7 Å². The number of anilines is 1. The van der Waals surface area contributed by atoms with Gasteiger partial charge in [-0.25, -0.2) is 9.37 Å². The lowest BCUT2D eigenvalue weighted by molar-refractivity contribution is 0.630. The monoisotopic (exact) mass is 348 g/mol. The molecule has 0 unspecified atom stereocenters. The fourth-order valence-electron chi connectivity index (χ4n) is 1.89. The fraction of sp³-hybridized carbons (Fsp3) is 0. The summed E-state index contributed by atoms with van der Waals surface area (Å²) < 4.78 is 14.6. The summed E-state index contributed by atoms with van der Waals surface area (Å²) in [4.78, 5) is 4.49. The molecule has 2 nitrogen and oxygen atoms in total. The molecule has 0 aliphatic heterocycles. The normalized spacial score (nSPS) is 10.7. The van der Waals surface area contributed by atoms with Crippen LogP contribution in [0.3, 0.4) is 0 Å². The summed E-state index contributed by atoms with van der Waals surface area (Å²) in [6, 6.07) is 12.5. The van der Waals surface area contributed by atoms with E-state index in [1.54, 1.807) is 12.1 Å². The minimum atomic E-state index is -0.284. The Morgan fingerprint density at radius 3 is 2.75 bits per heavy atom. The number of hydrogen-bond acceptors (Lipinski definition) is 3. The van der Waals surface area contributed by atoms with Gasteiger partial charge in [0.05, 0.1) is 5.69 Å². The molecule has 0 amide bonds. The highest BCUT2D eigenvalue weighted by molar-refractivity contribution is 9.10. The number of thiazole rings is 1. The highest BCUT2D eigenvalue weighted by Gasteiger charge is 2.11. The van der Waals surface area contributed by atoms with Crippen molar-refractivity contribution in [1.29, 1.82) is 0 Å². The third-order valence-electron chi connectivity index (χ3n) is 2.85. The van der Waals surface area contributed by atoms with E-state index in [1.807, 2.05) is 29.6 Å². The maximum absolute atomic E-state index is 13.9. The van der Waals surface area contributed by atoms with Gasteiger partial charge < -0.3 is 5.73 Å². The SMILES string of the molecule is Nc1cccc(-c2csc(-c3ccc(Br)cc3F)n2)c1. The summed E-state index contributed by atoms with van der Waals surface area (Å²) in [5.74, 6) is -0.284. The molecule has 1 aromatic heterocycles. The molecule has 2 N–H and O–H groups in total. The van der Waals surface area contributed by atoms with Crippen molar-refractivity contribution in [2.75, 3.05) is 5.73 Å². The largest absolute Gasteiger partial charge is 0.399 e. The van der Waals surface area contributed by atoms with E-state index in [0.717, 1.165) is 11.3 Å². The van der Waals surface area contributed by atoms with E-state index in [1.165, 1.54) is 17.4 Å². The molecular weight excluding hydrogens is 339 g/mol. The Balaban J connectivity index is 2.02. The van der Waals surface area contributed by atoms with E-state index in [4.69, 9.17) is 5.73 Å². The van der Waals surface area contributed by atoms with E-state index in [-0.39, 0.29) is 5.82 Å². The summed E-state index contributed by atoms with van der Waals surface area (Å²) >= 11 is 4.66. The van der Waals surface area contributed by atoms with Crippen molar-refractivity contribution >= 4 is 33.0 Å². The number of aromatic nitrogens is 1. The van der Waals surface area contributed by atoms with Crippen LogP contribution >= 0.6 is 27.3 Å². The molecule has 0 fully saturated rings. The summed E-state index contributed by atoms with van der Waals surface area (Å²) in [5.41, 5.74) is 8.70. The van der Waals surface area contributed by atoms with Gasteiger partial charge >= 0.3 is 0 Å². The van der Waals surface area contributed by atoms with Crippen molar-refractivity contribution in [2.24, 2.45) is 0 Å². The Kier molecular flexibility index (Phi) is 3.54. The van der Waals surface area contributed by atoms with Crippen molar-refractivity contribution in [3.05, 3.63) is 58.1 Å². The predicted molar refractivity (Wildman–Crippen MR) is 85.1 cm³/mol. The third-order valence-corrected chi connectivity index (χ3v) is 4.22. The number of halogens is 2. The van der Waals surface area contributed by atoms with E-state index >= 15 is 0 Å². The average Bonchev–Trinajstić information content (AvgIpc) is 2.88. The summed E-state index contributed by atoms with van der Waals surface area (Å²) in [6.45, 7) is 0.